The Hall–Kier alpha value is -3.08. The molecule has 0 saturated carbocycles. The molecule has 0 aromatic heterocycles. The first-order valence-electron chi connectivity index (χ1n) is 10.9. The van der Waals surface area contributed by atoms with Gasteiger partial charge in [-0.25, -0.2) is 4.99 Å². The maximum atomic E-state index is 11.5. The first kappa shape index (κ1) is 22.6. The molecule has 1 aliphatic carbocycles. The largest absolute Gasteiger partial charge is 0.493 e. The minimum atomic E-state index is -0.703. The van der Waals surface area contributed by atoms with E-state index in [0.29, 0.717) is 31.2 Å². The summed E-state index contributed by atoms with van der Waals surface area (Å²) in [6.45, 7) is 8.65. The number of benzene rings is 2. The second-order valence-electron chi connectivity index (χ2n) is 7.93. The van der Waals surface area contributed by atoms with Gasteiger partial charge in [0.25, 0.3) is 0 Å². The first-order chi connectivity index (χ1) is 15.0. The fourth-order valence-electron chi connectivity index (χ4n) is 4.12. The molecule has 2 atom stereocenters. The van der Waals surface area contributed by atoms with Crippen LogP contribution in [0, 0.1) is 5.92 Å². The zero-order valence-corrected chi connectivity index (χ0v) is 18.3. The molecule has 2 aromatic carbocycles. The number of ether oxygens (including phenoxy) is 2. The third-order valence-corrected chi connectivity index (χ3v) is 5.59. The number of aliphatic carboxylic acids is 1. The quantitative estimate of drug-likeness (QED) is 0.308. The molecular formula is C26H31NO4. The van der Waals surface area contributed by atoms with Crippen LogP contribution >= 0.6 is 0 Å². The zero-order chi connectivity index (χ0) is 22.2. The van der Waals surface area contributed by atoms with Crippen LogP contribution in [-0.2, 0) is 16.0 Å². The van der Waals surface area contributed by atoms with Crippen molar-refractivity contribution in [3.8, 4) is 5.75 Å². The molecule has 2 unspecified atom stereocenters. The Labute approximate surface area is 184 Å². The lowest BCUT2D eigenvalue weighted by atomic mass is 9.85. The van der Waals surface area contributed by atoms with E-state index in [1.165, 1.54) is 5.56 Å². The second-order valence-corrected chi connectivity index (χ2v) is 7.93. The number of aliphatic imine (C=N–C) groups is 1. The molecule has 0 saturated heterocycles. The standard InChI is InChI=1S/C26H31NO4/c1-4-22(26(28)29)24-13-11-20-17-21(12-14-23(20)24)30-15-8-16-31-25(27-18(2)3)19-9-6-5-7-10-19/h5-7,9-10,12,14,17,22,24H,2,4,8,11,13,15-16H2,1,3H3,(H,28,29). The van der Waals surface area contributed by atoms with Crippen LogP contribution in [0.1, 0.15) is 55.7 Å². The summed E-state index contributed by atoms with van der Waals surface area (Å²) in [4.78, 5) is 15.9. The minimum absolute atomic E-state index is 0.101. The molecule has 0 radical (unpaired) electrons. The van der Waals surface area contributed by atoms with Crippen molar-refractivity contribution < 1.29 is 19.4 Å². The highest BCUT2D eigenvalue weighted by Gasteiger charge is 2.33. The maximum Gasteiger partial charge on any atom is 0.307 e. The van der Waals surface area contributed by atoms with E-state index in [4.69, 9.17) is 9.47 Å². The Morgan fingerprint density at radius 3 is 2.68 bits per heavy atom. The van der Waals surface area contributed by atoms with Gasteiger partial charge < -0.3 is 14.6 Å². The van der Waals surface area contributed by atoms with Crippen LogP contribution in [0.5, 0.6) is 5.75 Å². The number of carboxylic acid groups (broad SMARTS) is 1. The summed E-state index contributed by atoms with van der Waals surface area (Å²) in [5.74, 6) is 0.474. The van der Waals surface area contributed by atoms with Gasteiger partial charge in [0.15, 0.2) is 0 Å². The molecular weight excluding hydrogens is 390 g/mol. The van der Waals surface area contributed by atoms with E-state index in [9.17, 15) is 9.90 Å². The van der Waals surface area contributed by atoms with Gasteiger partial charge in [-0.3, -0.25) is 4.79 Å². The van der Waals surface area contributed by atoms with Crippen molar-refractivity contribution in [3.05, 3.63) is 77.5 Å². The van der Waals surface area contributed by atoms with Gasteiger partial charge in [0.1, 0.15) is 5.75 Å². The summed E-state index contributed by atoms with van der Waals surface area (Å²) in [6.07, 6.45) is 3.17. The number of hydrogen-bond acceptors (Lipinski definition) is 4. The maximum absolute atomic E-state index is 11.5. The van der Waals surface area contributed by atoms with Crippen molar-refractivity contribution in [3.63, 3.8) is 0 Å². The Balaban J connectivity index is 1.51. The number of fused-ring (bicyclic) bond motifs is 1. The van der Waals surface area contributed by atoms with Crippen LogP contribution in [-0.4, -0.2) is 30.2 Å². The molecule has 1 N–H and O–H groups in total. The lowest BCUT2D eigenvalue weighted by Crippen LogP contribution is -2.19. The van der Waals surface area contributed by atoms with Crippen LogP contribution in [0.3, 0.4) is 0 Å². The number of rotatable bonds is 10. The number of carboxylic acids is 1. The van der Waals surface area contributed by atoms with Crippen LogP contribution in [0.25, 0.3) is 0 Å². The summed E-state index contributed by atoms with van der Waals surface area (Å²) < 4.78 is 11.8. The monoisotopic (exact) mass is 421 g/mol. The van der Waals surface area contributed by atoms with E-state index in [2.05, 4.69) is 17.6 Å². The van der Waals surface area contributed by atoms with Crippen molar-refractivity contribution in [2.45, 2.75) is 45.4 Å². The molecule has 3 rings (SSSR count). The molecule has 0 fully saturated rings. The number of hydrogen-bond donors (Lipinski definition) is 1. The van der Waals surface area contributed by atoms with Crippen molar-refractivity contribution in [2.24, 2.45) is 10.9 Å². The van der Waals surface area contributed by atoms with Gasteiger partial charge in [0.05, 0.1) is 19.1 Å². The summed E-state index contributed by atoms with van der Waals surface area (Å²) >= 11 is 0. The SMILES string of the molecule is C=C(C)N=C(OCCCOc1ccc2c(c1)CCC2C(CC)C(=O)O)c1ccccc1. The van der Waals surface area contributed by atoms with E-state index in [-0.39, 0.29) is 11.8 Å². The number of nitrogens with zero attached hydrogens (tertiary/aromatic N) is 1. The normalized spacial score (nSPS) is 16.5. The number of aryl methyl sites for hydroxylation is 1. The van der Waals surface area contributed by atoms with Crippen LogP contribution < -0.4 is 4.74 Å². The molecule has 1 aliphatic rings. The Bertz CT molecular complexity index is 936. The average molecular weight is 422 g/mol. The van der Waals surface area contributed by atoms with Gasteiger partial charge in [0, 0.05) is 17.7 Å². The fourth-order valence-corrected chi connectivity index (χ4v) is 4.12. The first-order valence-corrected chi connectivity index (χ1v) is 10.9. The van der Waals surface area contributed by atoms with Crippen LogP contribution in [0.15, 0.2) is 65.8 Å². The summed E-state index contributed by atoms with van der Waals surface area (Å²) in [6, 6.07) is 15.8. The van der Waals surface area contributed by atoms with E-state index >= 15 is 0 Å². The van der Waals surface area contributed by atoms with Crippen LogP contribution in [0.2, 0.25) is 0 Å². The lowest BCUT2D eigenvalue weighted by molar-refractivity contribution is -0.142. The van der Waals surface area contributed by atoms with E-state index in [1.807, 2.05) is 56.3 Å². The van der Waals surface area contributed by atoms with Crippen molar-refractivity contribution in [1.82, 2.24) is 0 Å². The smallest absolute Gasteiger partial charge is 0.307 e. The molecule has 164 valence electrons. The molecule has 0 heterocycles. The Morgan fingerprint density at radius 2 is 2.00 bits per heavy atom. The molecule has 0 amide bonds. The highest BCUT2D eigenvalue weighted by Crippen LogP contribution is 2.41. The Kier molecular flexibility index (Phi) is 7.88. The predicted octanol–water partition coefficient (Wildman–Crippen LogP) is 5.59. The van der Waals surface area contributed by atoms with Gasteiger partial charge in [-0.2, -0.15) is 0 Å². The minimum Gasteiger partial charge on any atom is -0.493 e. The van der Waals surface area contributed by atoms with Gasteiger partial charge >= 0.3 is 5.97 Å². The summed E-state index contributed by atoms with van der Waals surface area (Å²) in [7, 11) is 0. The molecule has 0 aliphatic heterocycles. The molecule has 31 heavy (non-hydrogen) atoms. The van der Waals surface area contributed by atoms with Gasteiger partial charge in [-0.05, 0) is 67.5 Å². The lowest BCUT2D eigenvalue weighted by Gasteiger charge is -2.19. The fraction of sp³-hybridized carbons (Fsp3) is 0.385. The van der Waals surface area contributed by atoms with Crippen molar-refractivity contribution >= 4 is 11.9 Å². The van der Waals surface area contributed by atoms with Gasteiger partial charge in [-0.15, -0.1) is 0 Å². The zero-order valence-electron chi connectivity index (χ0n) is 18.3. The molecule has 0 bridgehead atoms. The summed E-state index contributed by atoms with van der Waals surface area (Å²) in [5, 5.41) is 9.49. The highest BCUT2D eigenvalue weighted by atomic mass is 16.5. The van der Waals surface area contributed by atoms with Crippen molar-refractivity contribution in [2.75, 3.05) is 13.2 Å². The van der Waals surface area contributed by atoms with E-state index in [1.54, 1.807) is 0 Å². The molecule has 0 spiro atoms. The van der Waals surface area contributed by atoms with Gasteiger partial charge in [-0.1, -0.05) is 37.8 Å². The average Bonchev–Trinajstić information content (AvgIpc) is 3.16. The van der Waals surface area contributed by atoms with E-state index in [0.717, 1.165) is 36.1 Å². The van der Waals surface area contributed by atoms with Crippen molar-refractivity contribution in [1.29, 1.82) is 0 Å². The third kappa shape index (κ3) is 5.97. The molecule has 5 nitrogen and oxygen atoms in total. The second kappa shape index (κ2) is 10.8. The Morgan fingerprint density at radius 1 is 1.23 bits per heavy atom. The van der Waals surface area contributed by atoms with E-state index < -0.39 is 5.97 Å². The molecule has 2 aromatic rings. The number of allylic oxidation sites excluding steroid dienone is 1. The topological polar surface area (TPSA) is 68.1 Å². The van der Waals surface area contributed by atoms with Crippen LogP contribution in [0.4, 0.5) is 0 Å². The molecule has 5 heteroatoms. The predicted molar refractivity (Wildman–Crippen MR) is 123 cm³/mol. The van der Waals surface area contributed by atoms with Gasteiger partial charge in [0.2, 0.25) is 5.90 Å². The third-order valence-electron chi connectivity index (χ3n) is 5.59. The summed E-state index contributed by atoms with van der Waals surface area (Å²) in [5.41, 5.74) is 3.98. The number of carbonyl (C=O) groups is 1. The highest BCUT2D eigenvalue weighted by molar-refractivity contribution is 5.94.